The Morgan fingerprint density at radius 3 is 2.75 bits per heavy atom. The first-order valence-corrected chi connectivity index (χ1v) is 8.13. The Morgan fingerprint density at radius 2 is 1.96 bits per heavy atom. The van der Waals surface area contributed by atoms with Gasteiger partial charge in [0.25, 0.3) is 0 Å². The maximum atomic E-state index is 12.4. The summed E-state index contributed by atoms with van der Waals surface area (Å²) in [5.74, 6) is -0.176. The van der Waals surface area contributed by atoms with Crippen LogP contribution in [-0.2, 0) is 0 Å². The van der Waals surface area contributed by atoms with Gasteiger partial charge in [-0.25, -0.2) is 9.97 Å². The third-order valence-corrected chi connectivity index (χ3v) is 4.82. The summed E-state index contributed by atoms with van der Waals surface area (Å²) in [5, 5.41) is 1.16. The molecular weight excluding hydrogens is 330 g/mol. The lowest BCUT2D eigenvalue weighted by Gasteiger charge is -2.08. The fourth-order valence-corrected chi connectivity index (χ4v) is 3.78. The summed E-state index contributed by atoms with van der Waals surface area (Å²) in [6.45, 7) is -0.970. The number of alkyl halides is 2. The van der Waals surface area contributed by atoms with Gasteiger partial charge in [-0.05, 0) is 42.1 Å². The number of aromatic nitrogens is 2. The molecule has 0 aliphatic rings. The zero-order valence-corrected chi connectivity index (χ0v) is 13.5. The molecule has 0 atom stereocenters. The maximum absolute atomic E-state index is 12.4. The first kappa shape index (κ1) is 15.0. The molecule has 24 heavy (non-hydrogen) atoms. The van der Waals surface area contributed by atoms with Gasteiger partial charge in [-0.15, -0.1) is 11.3 Å². The molecule has 0 N–H and O–H groups in total. The average molecular weight is 342 g/mol. The molecule has 0 spiro atoms. The van der Waals surface area contributed by atoms with Gasteiger partial charge in [0.15, 0.2) is 0 Å². The summed E-state index contributed by atoms with van der Waals surface area (Å²) in [7, 11) is 0. The van der Waals surface area contributed by atoms with Gasteiger partial charge < -0.3 is 4.74 Å². The van der Waals surface area contributed by atoms with E-state index in [0.717, 1.165) is 21.4 Å². The maximum Gasteiger partial charge on any atom is 0.388 e. The molecule has 2 aromatic heterocycles. The van der Waals surface area contributed by atoms with Crippen molar-refractivity contribution in [3.05, 3.63) is 54.2 Å². The number of benzene rings is 2. The van der Waals surface area contributed by atoms with Crippen molar-refractivity contribution in [1.29, 1.82) is 0 Å². The van der Waals surface area contributed by atoms with Crippen molar-refractivity contribution in [3.63, 3.8) is 0 Å². The van der Waals surface area contributed by atoms with Crippen molar-refractivity contribution in [2.45, 2.75) is 13.5 Å². The Labute approximate surface area is 140 Å². The van der Waals surface area contributed by atoms with Crippen LogP contribution in [0.4, 0.5) is 8.78 Å². The van der Waals surface area contributed by atoms with E-state index in [2.05, 4.69) is 32.9 Å². The van der Waals surface area contributed by atoms with Gasteiger partial charge in [0.2, 0.25) is 5.88 Å². The molecule has 0 amide bonds. The number of ether oxygens (including phenoxy) is 1. The van der Waals surface area contributed by atoms with E-state index < -0.39 is 6.61 Å². The highest BCUT2D eigenvalue weighted by molar-refractivity contribution is 7.22. The Bertz CT molecular complexity index is 1010. The number of thiophene rings is 1. The minimum absolute atomic E-state index is 0.176. The van der Waals surface area contributed by atoms with Crippen LogP contribution in [0.3, 0.4) is 0 Å². The molecule has 0 radical (unpaired) electrons. The Hall–Kier alpha value is -2.60. The van der Waals surface area contributed by atoms with Crippen LogP contribution in [0.1, 0.15) is 5.56 Å². The van der Waals surface area contributed by atoms with Gasteiger partial charge in [-0.2, -0.15) is 8.78 Å². The SMILES string of the molecule is Cc1cc(-c2cc3ccccc3s2)c2ncc(OC(F)F)nc2c1. The lowest BCUT2D eigenvalue weighted by molar-refractivity contribution is -0.0528. The van der Waals surface area contributed by atoms with Crippen LogP contribution < -0.4 is 4.74 Å². The van der Waals surface area contributed by atoms with Gasteiger partial charge in [0.05, 0.1) is 17.2 Å². The molecule has 0 aliphatic carbocycles. The van der Waals surface area contributed by atoms with Crippen LogP contribution >= 0.6 is 11.3 Å². The topological polar surface area (TPSA) is 35.0 Å². The molecular formula is C18H12F2N2OS. The molecule has 0 fully saturated rings. The van der Waals surface area contributed by atoms with E-state index in [1.165, 1.54) is 10.9 Å². The fourth-order valence-electron chi connectivity index (χ4n) is 2.70. The molecule has 4 rings (SSSR count). The molecule has 0 bridgehead atoms. The van der Waals surface area contributed by atoms with Crippen LogP contribution in [0.2, 0.25) is 0 Å². The normalized spacial score (nSPS) is 11.5. The van der Waals surface area contributed by atoms with E-state index in [0.29, 0.717) is 11.0 Å². The molecule has 2 heterocycles. The van der Waals surface area contributed by atoms with Gasteiger partial charge >= 0.3 is 6.61 Å². The Morgan fingerprint density at radius 1 is 1.12 bits per heavy atom. The van der Waals surface area contributed by atoms with Crippen LogP contribution in [-0.4, -0.2) is 16.6 Å². The second-order valence-corrected chi connectivity index (χ2v) is 6.50. The molecule has 120 valence electrons. The lowest BCUT2D eigenvalue weighted by atomic mass is 10.1. The van der Waals surface area contributed by atoms with Crippen molar-refractivity contribution in [2.75, 3.05) is 0 Å². The predicted molar refractivity (Wildman–Crippen MR) is 91.7 cm³/mol. The van der Waals surface area contributed by atoms with Gasteiger partial charge in [0, 0.05) is 15.1 Å². The van der Waals surface area contributed by atoms with Gasteiger partial charge in [-0.3, -0.25) is 0 Å². The fraction of sp³-hybridized carbons (Fsp3) is 0.111. The van der Waals surface area contributed by atoms with E-state index >= 15 is 0 Å². The van der Waals surface area contributed by atoms with Crippen molar-refractivity contribution in [3.8, 4) is 16.3 Å². The molecule has 0 aliphatic heterocycles. The molecule has 6 heteroatoms. The zero-order valence-electron chi connectivity index (χ0n) is 12.7. The number of hydrogen-bond acceptors (Lipinski definition) is 4. The summed E-state index contributed by atoms with van der Waals surface area (Å²) >= 11 is 1.67. The monoisotopic (exact) mass is 342 g/mol. The van der Waals surface area contributed by atoms with Crippen LogP contribution in [0.5, 0.6) is 5.88 Å². The van der Waals surface area contributed by atoms with E-state index in [1.54, 1.807) is 11.3 Å². The summed E-state index contributed by atoms with van der Waals surface area (Å²) in [6.07, 6.45) is 1.24. The minimum atomic E-state index is -2.91. The predicted octanol–water partition coefficient (Wildman–Crippen LogP) is 5.42. The number of hydrogen-bond donors (Lipinski definition) is 0. The summed E-state index contributed by atoms with van der Waals surface area (Å²) in [4.78, 5) is 9.53. The van der Waals surface area contributed by atoms with E-state index in [4.69, 9.17) is 0 Å². The molecule has 0 saturated heterocycles. The summed E-state index contributed by atoms with van der Waals surface area (Å²) in [6, 6.07) is 14.1. The van der Waals surface area contributed by atoms with Crippen molar-refractivity contribution in [1.82, 2.24) is 9.97 Å². The van der Waals surface area contributed by atoms with E-state index in [-0.39, 0.29) is 5.88 Å². The Balaban J connectivity index is 1.91. The quantitative estimate of drug-likeness (QED) is 0.498. The van der Waals surface area contributed by atoms with E-state index in [1.807, 2.05) is 31.2 Å². The minimum Gasteiger partial charge on any atom is -0.415 e. The number of aryl methyl sites for hydroxylation is 1. The summed E-state index contributed by atoms with van der Waals surface area (Å²) < 4.78 is 30.3. The molecule has 2 aromatic carbocycles. The van der Waals surface area contributed by atoms with Crippen molar-refractivity contribution in [2.24, 2.45) is 0 Å². The van der Waals surface area contributed by atoms with Crippen LogP contribution in [0.25, 0.3) is 31.6 Å². The molecule has 0 saturated carbocycles. The van der Waals surface area contributed by atoms with Crippen molar-refractivity contribution >= 4 is 32.5 Å². The molecule has 4 aromatic rings. The lowest BCUT2D eigenvalue weighted by Crippen LogP contribution is -2.04. The van der Waals surface area contributed by atoms with Gasteiger partial charge in [0.1, 0.15) is 0 Å². The molecule has 3 nitrogen and oxygen atoms in total. The number of nitrogens with zero attached hydrogens (tertiary/aromatic N) is 2. The smallest absolute Gasteiger partial charge is 0.388 e. The number of rotatable bonds is 3. The van der Waals surface area contributed by atoms with Crippen LogP contribution in [0, 0.1) is 6.92 Å². The zero-order chi connectivity index (χ0) is 16.7. The van der Waals surface area contributed by atoms with Gasteiger partial charge in [-0.1, -0.05) is 18.2 Å². The second kappa shape index (κ2) is 5.79. The third kappa shape index (κ3) is 2.69. The highest BCUT2D eigenvalue weighted by Crippen LogP contribution is 2.37. The van der Waals surface area contributed by atoms with Crippen LogP contribution in [0.15, 0.2) is 48.7 Å². The molecule has 0 unspecified atom stereocenters. The largest absolute Gasteiger partial charge is 0.415 e. The second-order valence-electron chi connectivity index (χ2n) is 5.42. The third-order valence-electron chi connectivity index (χ3n) is 3.67. The number of halogens is 2. The Kier molecular flexibility index (Phi) is 3.61. The first-order valence-electron chi connectivity index (χ1n) is 7.31. The first-order chi connectivity index (χ1) is 11.6. The van der Waals surface area contributed by atoms with E-state index in [9.17, 15) is 8.78 Å². The van der Waals surface area contributed by atoms with Crippen molar-refractivity contribution < 1.29 is 13.5 Å². The highest BCUT2D eigenvalue weighted by Gasteiger charge is 2.13. The number of fused-ring (bicyclic) bond motifs is 2. The average Bonchev–Trinajstić information content (AvgIpc) is 2.97. The highest BCUT2D eigenvalue weighted by atomic mass is 32.1. The summed E-state index contributed by atoms with van der Waals surface area (Å²) in [5.41, 5.74) is 3.15. The standard InChI is InChI=1S/C18H12F2N2OS/c1-10-6-12(15-8-11-4-2-3-5-14(11)24-15)17-13(7-10)22-16(9-21-17)23-18(19)20/h2-9,18H,1H3.